The maximum atomic E-state index is 11.0. The minimum Gasteiger partial charge on any atom is -0.466 e. The molecule has 0 aromatic heterocycles. The molecule has 0 amide bonds. The average molecular weight is 357 g/mol. The number of rotatable bonds is 8. The average Bonchev–Trinajstić information content (AvgIpc) is 2.25. The molecule has 3 N–H and O–H groups in total. The van der Waals surface area contributed by atoms with Crippen LogP contribution in [-0.4, -0.2) is 31.6 Å². The third kappa shape index (κ3) is 13.4. The van der Waals surface area contributed by atoms with E-state index in [9.17, 15) is 4.79 Å². The Balaban J connectivity index is 0. The summed E-state index contributed by atoms with van der Waals surface area (Å²) >= 11 is 0. The summed E-state index contributed by atoms with van der Waals surface area (Å²) < 4.78 is 4.79. The van der Waals surface area contributed by atoms with Crippen LogP contribution < -0.4 is 11.1 Å². The molecule has 0 fully saturated rings. The Labute approximate surface area is 121 Å². The predicted octanol–water partition coefficient (Wildman–Crippen LogP) is 1.65. The van der Waals surface area contributed by atoms with Gasteiger partial charge in [-0.3, -0.25) is 9.79 Å². The Kier molecular flexibility index (Phi) is 15.0. The van der Waals surface area contributed by atoms with E-state index in [1.165, 1.54) is 0 Å². The maximum Gasteiger partial charge on any atom is 0.305 e. The van der Waals surface area contributed by atoms with Crippen molar-refractivity contribution in [3.8, 4) is 0 Å². The van der Waals surface area contributed by atoms with Gasteiger partial charge in [0.1, 0.15) is 0 Å². The van der Waals surface area contributed by atoms with E-state index in [1.807, 2.05) is 0 Å². The van der Waals surface area contributed by atoms with Crippen LogP contribution in [0.2, 0.25) is 0 Å². The number of carbonyl (C=O) groups is 1. The van der Waals surface area contributed by atoms with Gasteiger partial charge >= 0.3 is 5.97 Å². The summed E-state index contributed by atoms with van der Waals surface area (Å²) in [7, 11) is 0. The number of hydrogen-bond acceptors (Lipinski definition) is 3. The summed E-state index contributed by atoms with van der Waals surface area (Å²) in [4.78, 5) is 15.1. The fourth-order valence-corrected chi connectivity index (χ4v) is 1.11. The lowest BCUT2D eigenvalue weighted by Gasteiger charge is -2.04. The third-order valence-electron chi connectivity index (χ3n) is 1.96. The first-order valence-corrected chi connectivity index (χ1v) is 5.90. The molecular formula is C11H24IN3O2. The highest BCUT2D eigenvalue weighted by atomic mass is 127. The van der Waals surface area contributed by atoms with Gasteiger partial charge in [-0.15, -0.1) is 24.0 Å². The molecule has 102 valence electrons. The van der Waals surface area contributed by atoms with Gasteiger partial charge in [-0.05, 0) is 19.8 Å². The number of guanidine groups is 1. The van der Waals surface area contributed by atoms with Gasteiger partial charge in [0, 0.05) is 19.5 Å². The number of nitrogens with zero attached hydrogens (tertiary/aromatic N) is 1. The fraction of sp³-hybridized carbons (Fsp3) is 0.818. The summed E-state index contributed by atoms with van der Waals surface area (Å²) in [6, 6.07) is 0. The van der Waals surface area contributed by atoms with E-state index in [2.05, 4.69) is 17.2 Å². The zero-order valence-electron chi connectivity index (χ0n) is 10.7. The number of halogens is 1. The number of nitrogens with one attached hydrogen (secondary N) is 1. The van der Waals surface area contributed by atoms with Gasteiger partial charge in [-0.25, -0.2) is 0 Å². The SMILES string of the molecule is CCCCNC(N)=NCCCC(=O)OCC.I. The number of hydrogen-bond donors (Lipinski definition) is 2. The maximum absolute atomic E-state index is 11.0. The molecule has 0 bridgehead atoms. The van der Waals surface area contributed by atoms with E-state index in [0.717, 1.165) is 19.4 Å². The largest absolute Gasteiger partial charge is 0.466 e. The highest BCUT2D eigenvalue weighted by molar-refractivity contribution is 14.0. The zero-order valence-corrected chi connectivity index (χ0v) is 13.0. The van der Waals surface area contributed by atoms with Crippen molar-refractivity contribution in [2.24, 2.45) is 10.7 Å². The summed E-state index contributed by atoms with van der Waals surface area (Å²) in [6.45, 7) is 5.76. The summed E-state index contributed by atoms with van der Waals surface area (Å²) in [5.41, 5.74) is 5.61. The molecule has 0 aliphatic heterocycles. The molecule has 0 saturated heterocycles. The van der Waals surface area contributed by atoms with Crippen molar-refractivity contribution in [2.75, 3.05) is 19.7 Å². The lowest BCUT2D eigenvalue weighted by atomic mass is 10.3. The summed E-state index contributed by atoms with van der Waals surface area (Å²) in [6.07, 6.45) is 3.29. The van der Waals surface area contributed by atoms with Crippen molar-refractivity contribution >= 4 is 35.9 Å². The van der Waals surface area contributed by atoms with Crippen molar-refractivity contribution in [3.63, 3.8) is 0 Å². The highest BCUT2D eigenvalue weighted by Crippen LogP contribution is 1.93. The quantitative estimate of drug-likeness (QED) is 0.228. The molecule has 0 unspecified atom stereocenters. The molecule has 0 radical (unpaired) electrons. The van der Waals surface area contributed by atoms with Crippen LogP contribution in [0.5, 0.6) is 0 Å². The van der Waals surface area contributed by atoms with E-state index in [4.69, 9.17) is 10.5 Å². The first-order chi connectivity index (χ1) is 7.70. The second kappa shape index (κ2) is 13.5. The Morgan fingerprint density at radius 3 is 2.65 bits per heavy atom. The molecule has 0 saturated carbocycles. The van der Waals surface area contributed by atoms with Gasteiger partial charge in [0.25, 0.3) is 0 Å². The van der Waals surface area contributed by atoms with Crippen LogP contribution in [0.25, 0.3) is 0 Å². The molecule has 5 nitrogen and oxygen atoms in total. The van der Waals surface area contributed by atoms with Gasteiger partial charge in [0.15, 0.2) is 5.96 Å². The molecule has 0 spiro atoms. The second-order valence-electron chi connectivity index (χ2n) is 3.46. The molecule has 0 rings (SSSR count). The van der Waals surface area contributed by atoms with Gasteiger partial charge in [0.2, 0.25) is 0 Å². The predicted molar refractivity (Wildman–Crippen MR) is 80.7 cm³/mol. The Bertz CT molecular complexity index is 223. The summed E-state index contributed by atoms with van der Waals surface area (Å²) in [5, 5.41) is 3.01. The highest BCUT2D eigenvalue weighted by Gasteiger charge is 1.99. The van der Waals surface area contributed by atoms with Crippen molar-refractivity contribution in [1.82, 2.24) is 5.32 Å². The van der Waals surface area contributed by atoms with Crippen LogP contribution in [0.15, 0.2) is 4.99 Å². The van der Waals surface area contributed by atoms with Crippen LogP contribution in [0.4, 0.5) is 0 Å². The van der Waals surface area contributed by atoms with Gasteiger partial charge in [-0.2, -0.15) is 0 Å². The molecule has 17 heavy (non-hydrogen) atoms. The molecule has 0 aromatic carbocycles. The van der Waals surface area contributed by atoms with Crippen LogP contribution >= 0.6 is 24.0 Å². The van der Waals surface area contributed by atoms with Crippen LogP contribution in [0.3, 0.4) is 0 Å². The van der Waals surface area contributed by atoms with E-state index in [-0.39, 0.29) is 29.9 Å². The van der Waals surface area contributed by atoms with E-state index in [1.54, 1.807) is 6.92 Å². The molecule has 6 heteroatoms. The molecular weight excluding hydrogens is 333 g/mol. The van der Waals surface area contributed by atoms with Crippen molar-refractivity contribution in [3.05, 3.63) is 0 Å². The Morgan fingerprint density at radius 1 is 1.35 bits per heavy atom. The number of aliphatic imine (C=N–C) groups is 1. The number of carbonyl (C=O) groups excluding carboxylic acids is 1. The molecule has 0 heterocycles. The minimum atomic E-state index is -0.171. The van der Waals surface area contributed by atoms with E-state index >= 15 is 0 Å². The van der Waals surface area contributed by atoms with Crippen LogP contribution in [-0.2, 0) is 9.53 Å². The first kappa shape index (κ1) is 18.8. The van der Waals surface area contributed by atoms with Crippen molar-refractivity contribution in [1.29, 1.82) is 0 Å². The normalized spacial score (nSPS) is 10.6. The number of ether oxygens (including phenoxy) is 1. The lowest BCUT2D eigenvalue weighted by molar-refractivity contribution is -0.143. The minimum absolute atomic E-state index is 0. The molecule has 0 aromatic rings. The second-order valence-corrected chi connectivity index (χ2v) is 3.46. The Hall–Kier alpha value is -0.530. The van der Waals surface area contributed by atoms with Crippen LogP contribution in [0, 0.1) is 0 Å². The van der Waals surface area contributed by atoms with Crippen LogP contribution in [0.1, 0.15) is 39.5 Å². The number of nitrogens with two attached hydrogens (primary N) is 1. The number of unbranched alkanes of at least 4 members (excludes halogenated alkanes) is 1. The topological polar surface area (TPSA) is 76.7 Å². The fourth-order valence-electron chi connectivity index (χ4n) is 1.11. The smallest absolute Gasteiger partial charge is 0.305 e. The van der Waals surface area contributed by atoms with Gasteiger partial charge in [0.05, 0.1) is 6.61 Å². The summed E-state index contributed by atoms with van der Waals surface area (Å²) in [5.74, 6) is 0.285. The first-order valence-electron chi connectivity index (χ1n) is 5.90. The van der Waals surface area contributed by atoms with Crippen molar-refractivity contribution in [2.45, 2.75) is 39.5 Å². The zero-order chi connectivity index (χ0) is 12.2. The standard InChI is InChI=1S/C11H23N3O2.HI/c1-3-5-8-13-11(12)14-9-6-7-10(15)16-4-2;/h3-9H2,1-2H3,(H3,12,13,14);1H. The Morgan fingerprint density at radius 2 is 2.06 bits per heavy atom. The van der Waals surface area contributed by atoms with Crippen molar-refractivity contribution < 1.29 is 9.53 Å². The molecule has 0 aliphatic rings. The molecule has 0 atom stereocenters. The van der Waals surface area contributed by atoms with Gasteiger partial charge < -0.3 is 15.8 Å². The monoisotopic (exact) mass is 357 g/mol. The molecule has 0 aliphatic carbocycles. The van der Waals surface area contributed by atoms with E-state index in [0.29, 0.717) is 32.0 Å². The van der Waals surface area contributed by atoms with Gasteiger partial charge in [-0.1, -0.05) is 13.3 Å². The van der Waals surface area contributed by atoms with E-state index < -0.39 is 0 Å². The lowest BCUT2D eigenvalue weighted by Crippen LogP contribution is -2.32. The number of esters is 1. The third-order valence-corrected chi connectivity index (χ3v) is 1.96.